The van der Waals surface area contributed by atoms with Crippen molar-refractivity contribution in [2.75, 3.05) is 0 Å². The second-order valence-electron chi connectivity index (χ2n) is 3.80. The number of carbonyl (C=O) groups is 1. The predicted molar refractivity (Wildman–Crippen MR) is 63.9 cm³/mol. The summed E-state index contributed by atoms with van der Waals surface area (Å²) in [6, 6.07) is 6.70. The number of aromatic carboxylic acids is 1. The van der Waals surface area contributed by atoms with Crippen LogP contribution in [0.2, 0.25) is 0 Å². The largest absolute Gasteiger partial charge is 0.478 e. The summed E-state index contributed by atoms with van der Waals surface area (Å²) < 4.78 is 0. The van der Waals surface area contributed by atoms with Crippen molar-refractivity contribution in [3.8, 4) is 11.1 Å². The number of benzene rings is 1. The molecule has 1 N–H and O–H groups in total. The van der Waals surface area contributed by atoms with Crippen molar-refractivity contribution in [3.05, 3.63) is 47.5 Å². The van der Waals surface area contributed by atoms with Gasteiger partial charge in [-0.3, -0.25) is 0 Å². The molecule has 86 valence electrons. The Morgan fingerprint density at radius 1 is 1.18 bits per heavy atom. The predicted octanol–water partition coefficient (Wildman–Crippen LogP) is 2.46. The maximum atomic E-state index is 10.7. The van der Waals surface area contributed by atoms with Crippen LogP contribution in [0, 0.1) is 13.8 Å². The molecule has 0 fully saturated rings. The van der Waals surface area contributed by atoms with Crippen LogP contribution < -0.4 is 0 Å². The number of nitrogens with zero attached hydrogens (tertiary/aromatic N) is 2. The van der Waals surface area contributed by atoms with Crippen molar-refractivity contribution in [2.45, 2.75) is 13.8 Å². The first-order valence-electron chi connectivity index (χ1n) is 5.22. The molecule has 0 amide bonds. The molecule has 2 aromatic rings. The lowest BCUT2D eigenvalue weighted by molar-refractivity contribution is 0.0697. The Morgan fingerprint density at radius 3 is 2.35 bits per heavy atom. The highest BCUT2D eigenvalue weighted by Gasteiger charge is 2.06. The zero-order valence-electron chi connectivity index (χ0n) is 9.64. The van der Waals surface area contributed by atoms with Crippen molar-refractivity contribution in [1.82, 2.24) is 9.97 Å². The maximum absolute atomic E-state index is 10.7. The zero-order chi connectivity index (χ0) is 12.4. The van der Waals surface area contributed by atoms with Gasteiger partial charge in [0.15, 0.2) is 0 Å². The third kappa shape index (κ3) is 2.30. The number of aromatic nitrogens is 2. The van der Waals surface area contributed by atoms with E-state index in [1.807, 2.05) is 13.8 Å². The van der Waals surface area contributed by atoms with Gasteiger partial charge in [-0.05, 0) is 31.5 Å². The summed E-state index contributed by atoms with van der Waals surface area (Å²) in [6.07, 6.45) is 1.76. The molecule has 0 aliphatic carbocycles. The minimum absolute atomic E-state index is 0.277. The van der Waals surface area contributed by atoms with Gasteiger partial charge in [-0.25, -0.2) is 14.8 Å². The molecule has 4 nitrogen and oxygen atoms in total. The molecule has 17 heavy (non-hydrogen) atoms. The molecular formula is C13H12N2O2. The first-order chi connectivity index (χ1) is 8.08. The molecule has 0 aliphatic rings. The van der Waals surface area contributed by atoms with Crippen molar-refractivity contribution in [2.24, 2.45) is 0 Å². The Bertz CT molecular complexity index is 562. The van der Waals surface area contributed by atoms with Crippen molar-refractivity contribution >= 4 is 5.97 Å². The average molecular weight is 228 g/mol. The quantitative estimate of drug-likeness (QED) is 0.857. The van der Waals surface area contributed by atoms with Gasteiger partial charge in [-0.2, -0.15) is 0 Å². The van der Waals surface area contributed by atoms with Gasteiger partial charge in [-0.1, -0.05) is 12.1 Å². The third-order valence-corrected chi connectivity index (χ3v) is 2.54. The number of rotatable bonds is 2. The molecule has 0 atom stereocenters. The molecule has 0 saturated heterocycles. The van der Waals surface area contributed by atoms with E-state index < -0.39 is 5.97 Å². The fourth-order valence-electron chi connectivity index (χ4n) is 1.66. The smallest absolute Gasteiger partial charge is 0.335 e. The first-order valence-corrected chi connectivity index (χ1v) is 5.22. The van der Waals surface area contributed by atoms with E-state index in [0.717, 1.165) is 22.6 Å². The van der Waals surface area contributed by atoms with Gasteiger partial charge in [0.1, 0.15) is 5.82 Å². The number of hydrogen-bond donors (Lipinski definition) is 1. The van der Waals surface area contributed by atoms with E-state index in [2.05, 4.69) is 9.97 Å². The molecular weight excluding hydrogens is 216 g/mol. The molecule has 0 bridgehead atoms. The van der Waals surface area contributed by atoms with Crippen LogP contribution in [0.15, 0.2) is 30.5 Å². The molecule has 0 spiro atoms. The van der Waals surface area contributed by atoms with Gasteiger partial charge in [0.25, 0.3) is 0 Å². The molecule has 1 aromatic carbocycles. The monoisotopic (exact) mass is 228 g/mol. The fourth-order valence-corrected chi connectivity index (χ4v) is 1.66. The number of hydrogen-bond acceptors (Lipinski definition) is 3. The fraction of sp³-hybridized carbons (Fsp3) is 0.154. The van der Waals surface area contributed by atoms with Gasteiger partial charge in [0, 0.05) is 17.5 Å². The lowest BCUT2D eigenvalue weighted by Crippen LogP contribution is -1.97. The van der Waals surface area contributed by atoms with Crippen LogP contribution in [0.1, 0.15) is 21.9 Å². The molecule has 0 radical (unpaired) electrons. The van der Waals surface area contributed by atoms with Gasteiger partial charge in [0.05, 0.1) is 5.56 Å². The maximum Gasteiger partial charge on any atom is 0.335 e. The van der Waals surface area contributed by atoms with Crippen LogP contribution in [-0.4, -0.2) is 21.0 Å². The molecule has 0 aliphatic heterocycles. The zero-order valence-corrected chi connectivity index (χ0v) is 9.64. The van der Waals surface area contributed by atoms with Gasteiger partial charge < -0.3 is 5.11 Å². The van der Waals surface area contributed by atoms with Crippen LogP contribution in [0.5, 0.6) is 0 Å². The topological polar surface area (TPSA) is 63.1 Å². The summed E-state index contributed by atoms with van der Waals surface area (Å²) >= 11 is 0. The molecule has 2 rings (SSSR count). The van der Waals surface area contributed by atoms with Crippen molar-refractivity contribution in [1.29, 1.82) is 0 Å². The summed E-state index contributed by atoms with van der Waals surface area (Å²) in [5.74, 6) is -0.193. The third-order valence-electron chi connectivity index (χ3n) is 2.54. The summed E-state index contributed by atoms with van der Waals surface area (Å²) in [4.78, 5) is 19.2. The van der Waals surface area contributed by atoms with E-state index in [4.69, 9.17) is 5.11 Å². The van der Waals surface area contributed by atoms with Gasteiger partial charge in [-0.15, -0.1) is 0 Å². The van der Waals surface area contributed by atoms with E-state index in [9.17, 15) is 4.79 Å². The first kappa shape index (κ1) is 11.3. The van der Waals surface area contributed by atoms with Crippen LogP contribution >= 0.6 is 0 Å². The molecule has 4 heteroatoms. The Balaban J connectivity index is 2.43. The second kappa shape index (κ2) is 4.33. The van der Waals surface area contributed by atoms with Crippen LogP contribution in [0.25, 0.3) is 11.1 Å². The van der Waals surface area contributed by atoms with E-state index in [-0.39, 0.29) is 5.56 Å². The minimum Gasteiger partial charge on any atom is -0.478 e. The Kier molecular flexibility index (Phi) is 2.87. The Morgan fingerprint density at radius 2 is 1.82 bits per heavy atom. The number of aryl methyl sites for hydroxylation is 2. The average Bonchev–Trinajstić information content (AvgIpc) is 2.29. The lowest BCUT2D eigenvalue weighted by atomic mass is 10.0. The van der Waals surface area contributed by atoms with E-state index in [0.29, 0.717) is 0 Å². The van der Waals surface area contributed by atoms with E-state index >= 15 is 0 Å². The number of carboxylic acid groups (broad SMARTS) is 1. The summed E-state index contributed by atoms with van der Waals surface area (Å²) in [5.41, 5.74) is 3.01. The highest BCUT2D eigenvalue weighted by Crippen LogP contribution is 2.21. The second-order valence-corrected chi connectivity index (χ2v) is 3.80. The van der Waals surface area contributed by atoms with Crippen molar-refractivity contribution < 1.29 is 9.90 Å². The van der Waals surface area contributed by atoms with Gasteiger partial charge in [0.2, 0.25) is 0 Å². The van der Waals surface area contributed by atoms with Crippen LogP contribution in [-0.2, 0) is 0 Å². The summed E-state index contributed by atoms with van der Waals surface area (Å²) in [6.45, 7) is 3.75. The van der Waals surface area contributed by atoms with Crippen LogP contribution in [0.4, 0.5) is 0 Å². The Hall–Kier alpha value is -2.23. The SMILES string of the molecule is Cc1ncc(-c2ccc(C(=O)O)cc2)c(C)n1. The molecule has 0 saturated carbocycles. The Labute approximate surface area is 99.0 Å². The van der Waals surface area contributed by atoms with E-state index in [1.54, 1.807) is 30.5 Å². The van der Waals surface area contributed by atoms with Crippen LogP contribution in [0.3, 0.4) is 0 Å². The summed E-state index contributed by atoms with van der Waals surface area (Å²) in [7, 11) is 0. The normalized spacial score (nSPS) is 10.2. The molecule has 1 aromatic heterocycles. The van der Waals surface area contributed by atoms with E-state index in [1.165, 1.54) is 0 Å². The van der Waals surface area contributed by atoms with Crippen molar-refractivity contribution in [3.63, 3.8) is 0 Å². The minimum atomic E-state index is -0.923. The lowest BCUT2D eigenvalue weighted by Gasteiger charge is -2.05. The summed E-state index contributed by atoms with van der Waals surface area (Å²) in [5, 5.41) is 8.81. The standard InChI is InChI=1S/C13H12N2O2/c1-8-12(7-14-9(2)15-8)10-3-5-11(6-4-10)13(16)17/h3-7H,1-2H3,(H,16,17). The van der Waals surface area contributed by atoms with Gasteiger partial charge >= 0.3 is 5.97 Å². The highest BCUT2D eigenvalue weighted by molar-refractivity contribution is 5.88. The molecule has 1 heterocycles. The molecule has 0 unspecified atom stereocenters. The number of carboxylic acids is 1. The highest BCUT2D eigenvalue weighted by atomic mass is 16.4.